The van der Waals surface area contributed by atoms with Crippen molar-refractivity contribution >= 4 is 5.71 Å². The molecule has 33 heavy (non-hydrogen) atoms. The molecule has 0 fully saturated rings. The molecule has 172 valence electrons. The third-order valence-electron chi connectivity index (χ3n) is 6.33. The summed E-state index contributed by atoms with van der Waals surface area (Å²) in [5, 5.41) is 7.38. The monoisotopic (exact) mass is 448 g/mol. The largest absolute Gasteiger partial charge is 0.493 e. The number of hydrogen-bond acceptors (Lipinski definition) is 7. The molecule has 0 amide bonds. The summed E-state index contributed by atoms with van der Waals surface area (Å²) < 4.78 is 10.8. The zero-order valence-electron chi connectivity index (χ0n) is 19.0. The van der Waals surface area contributed by atoms with E-state index in [1.54, 1.807) is 14.2 Å². The number of nitrogens with zero attached hydrogens (tertiary/aromatic N) is 4. The summed E-state index contributed by atoms with van der Waals surface area (Å²) in [5.74, 6) is 2.00. The zero-order valence-corrected chi connectivity index (χ0v) is 19.0. The fourth-order valence-corrected chi connectivity index (χ4v) is 4.56. The first-order valence-electron chi connectivity index (χ1n) is 11.3. The number of rotatable bonds is 6. The number of aromatic amines is 2. The van der Waals surface area contributed by atoms with Gasteiger partial charge in [-0.25, -0.2) is 4.98 Å². The second-order valence-corrected chi connectivity index (χ2v) is 8.43. The van der Waals surface area contributed by atoms with Gasteiger partial charge >= 0.3 is 0 Å². The number of aliphatic imine (C=N–C) groups is 1. The molecule has 2 aliphatic heterocycles. The number of hydrogen-bond donors (Lipinski definition) is 2. The molecule has 0 aliphatic carbocycles. The molecule has 0 atom stereocenters. The molecular formula is C24H28N6O3. The van der Waals surface area contributed by atoms with Gasteiger partial charge in [-0.15, -0.1) is 0 Å². The topological polar surface area (TPSA) is 108 Å². The lowest BCUT2D eigenvalue weighted by Gasteiger charge is -2.27. The van der Waals surface area contributed by atoms with Gasteiger partial charge in [-0.1, -0.05) is 0 Å². The smallest absolute Gasteiger partial charge is 0.255 e. The third-order valence-corrected chi connectivity index (χ3v) is 6.33. The van der Waals surface area contributed by atoms with Gasteiger partial charge in [-0.05, 0) is 37.5 Å². The maximum absolute atomic E-state index is 12.9. The van der Waals surface area contributed by atoms with Crippen LogP contribution in [0.1, 0.15) is 41.9 Å². The molecule has 5 rings (SSSR count). The summed E-state index contributed by atoms with van der Waals surface area (Å²) in [6.07, 6.45) is 5.66. The second-order valence-electron chi connectivity index (χ2n) is 8.43. The van der Waals surface area contributed by atoms with Gasteiger partial charge in [-0.2, -0.15) is 5.10 Å². The number of benzene rings is 1. The van der Waals surface area contributed by atoms with Crippen molar-refractivity contribution in [2.24, 2.45) is 4.99 Å². The van der Waals surface area contributed by atoms with Crippen LogP contribution in [0.4, 0.5) is 0 Å². The normalized spacial score (nSPS) is 16.2. The number of nitrogens with one attached hydrogen (secondary N) is 2. The number of H-pyrrole nitrogens is 2. The molecule has 0 saturated heterocycles. The summed E-state index contributed by atoms with van der Waals surface area (Å²) >= 11 is 0. The fraction of sp³-hybridized carbons (Fsp3) is 0.417. The van der Waals surface area contributed by atoms with Crippen LogP contribution in [-0.2, 0) is 19.5 Å². The van der Waals surface area contributed by atoms with E-state index in [0.717, 1.165) is 72.6 Å². The van der Waals surface area contributed by atoms with Crippen LogP contribution in [0.5, 0.6) is 11.5 Å². The highest BCUT2D eigenvalue weighted by Crippen LogP contribution is 2.33. The average Bonchev–Trinajstić information content (AvgIpc) is 3.32. The predicted molar refractivity (Wildman–Crippen MR) is 125 cm³/mol. The van der Waals surface area contributed by atoms with E-state index < -0.39 is 0 Å². The Bertz CT molecular complexity index is 1250. The lowest BCUT2D eigenvalue weighted by Crippen LogP contribution is -2.36. The van der Waals surface area contributed by atoms with E-state index in [9.17, 15) is 4.79 Å². The van der Waals surface area contributed by atoms with Crippen LogP contribution in [0.3, 0.4) is 0 Å². The molecule has 2 aromatic heterocycles. The lowest BCUT2D eigenvalue weighted by molar-refractivity contribution is 0.242. The Hall–Kier alpha value is -3.46. The average molecular weight is 449 g/mol. The van der Waals surface area contributed by atoms with Crippen molar-refractivity contribution in [3.8, 4) is 22.8 Å². The standard InChI is InChI=1S/C24H28N6O3/c1-32-20-7-6-15(11-21(20)33-2)22-16(12-26-29-22)13-30-10-8-18-17(14-30)24(31)28-23(27-18)19-5-3-4-9-25-19/h6-7,11-12H,3-5,8-10,13-14H2,1-2H3,(H,26,29)(H,27,28,31). The van der Waals surface area contributed by atoms with Crippen LogP contribution in [-0.4, -0.2) is 58.1 Å². The van der Waals surface area contributed by atoms with Crippen LogP contribution in [0.15, 0.2) is 34.2 Å². The first-order valence-corrected chi connectivity index (χ1v) is 11.3. The van der Waals surface area contributed by atoms with Gasteiger partial charge in [-0.3, -0.25) is 19.8 Å². The fourth-order valence-electron chi connectivity index (χ4n) is 4.56. The molecule has 9 heteroatoms. The van der Waals surface area contributed by atoms with Crippen molar-refractivity contribution in [1.29, 1.82) is 0 Å². The van der Waals surface area contributed by atoms with Crippen LogP contribution in [0.25, 0.3) is 11.3 Å². The highest BCUT2D eigenvalue weighted by molar-refractivity contribution is 5.97. The van der Waals surface area contributed by atoms with Crippen LogP contribution in [0.2, 0.25) is 0 Å². The van der Waals surface area contributed by atoms with E-state index in [1.807, 2.05) is 24.4 Å². The Balaban J connectivity index is 1.36. The zero-order chi connectivity index (χ0) is 22.8. The van der Waals surface area contributed by atoms with Crippen molar-refractivity contribution in [2.45, 2.75) is 38.8 Å². The second kappa shape index (κ2) is 9.19. The van der Waals surface area contributed by atoms with Gasteiger partial charge in [0.25, 0.3) is 5.56 Å². The first kappa shape index (κ1) is 21.4. The summed E-state index contributed by atoms with van der Waals surface area (Å²) in [7, 11) is 3.24. The molecule has 2 aliphatic rings. The van der Waals surface area contributed by atoms with Crippen LogP contribution >= 0.6 is 0 Å². The quantitative estimate of drug-likeness (QED) is 0.600. The molecule has 0 saturated carbocycles. The first-order chi connectivity index (χ1) is 16.2. The molecule has 0 unspecified atom stereocenters. The lowest BCUT2D eigenvalue weighted by atomic mass is 10.0. The van der Waals surface area contributed by atoms with Gasteiger partial charge in [0, 0.05) is 43.7 Å². The molecule has 0 radical (unpaired) electrons. The van der Waals surface area contributed by atoms with Gasteiger partial charge in [0.1, 0.15) is 0 Å². The number of aromatic nitrogens is 4. The van der Waals surface area contributed by atoms with E-state index in [0.29, 0.717) is 30.4 Å². The molecule has 4 heterocycles. The Kier molecular flexibility index (Phi) is 5.95. The van der Waals surface area contributed by atoms with E-state index in [2.05, 4.69) is 25.1 Å². The van der Waals surface area contributed by atoms with Crippen LogP contribution in [0, 0.1) is 0 Å². The highest BCUT2D eigenvalue weighted by Gasteiger charge is 2.24. The van der Waals surface area contributed by atoms with Gasteiger partial charge in [0.05, 0.1) is 43.1 Å². The number of methoxy groups -OCH3 is 2. The predicted octanol–water partition coefficient (Wildman–Crippen LogP) is 2.71. The van der Waals surface area contributed by atoms with Crippen molar-refractivity contribution in [3.63, 3.8) is 0 Å². The SMILES string of the molecule is COc1ccc(-c2[nH]ncc2CN2CCc3nc(C4=NCCCC4)[nH]c(=O)c3C2)cc1OC. The van der Waals surface area contributed by atoms with E-state index in [-0.39, 0.29) is 5.56 Å². The molecular weight excluding hydrogens is 420 g/mol. The van der Waals surface area contributed by atoms with E-state index >= 15 is 0 Å². The number of fused-ring (bicyclic) bond motifs is 1. The maximum Gasteiger partial charge on any atom is 0.255 e. The van der Waals surface area contributed by atoms with Crippen molar-refractivity contribution < 1.29 is 9.47 Å². The van der Waals surface area contributed by atoms with E-state index in [1.165, 1.54) is 0 Å². The summed E-state index contributed by atoms with van der Waals surface area (Å²) in [4.78, 5) is 27.4. The highest BCUT2D eigenvalue weighted by atomic mass is 16.5. The molecule has 3 aromatic rings. The van der Waals surface area contributed by atoms with Gasteiger partial charge in [0.2, 0.25) is 0 Å². The summed E-state index contributed by atoms with van der Waals surface area (Å²) in [6, 6.07) is 5.80. The van der Waals surface area contributed by atoms with Crippen molar-refractivity contribution in [2.75, 3.05) is 27.3 Å². The number of ether oxygens (including phenoxy) is 2. The summed E-state index contributed by atoms with van der Waals surface area (Å²) in [6.45, 7) is 2.87. The van der Waals surface area contributed by atoms with Crippen molar-refractivity contribution in [3.05, 3.63) is 57.4 Å². The minimum absolute atomic E-state index is 0.0553. The maximum atomic E-state index is 12.9. The molecule has 0 bridgehead atoms. The van der Waals surface area contributed by atoms with E-state index in [4.69, 9.17) is 14.5 Å². The molecule has 2 N–H and O–H groups in total. The molecule has 1 aromatic carbocycles. The summed E-state index contributed by atoms with van der Waals surface area (Å²) in [5.41, 5.74) is 5.47. The van der Waals surface area contributed by atoms with Gasteiger partial charge in [0.15, 0.2) is 17.3 Å². The van der Waals surface area contributed by atoms with Gasteiger partial charge < -0.3 is 14.5 Å². The Morgan fingerprint density at radius 2 is 2.00 bits per heavy atom. The Morgan fingerprint density at radius 3 is 2.79 bits per heavy atom. The molecule has 0 spiro atoms. The molecule has 9 nitrogen and oxygen atoms in total. The van der Waals surface area contributed by atoms with Crippen molar-refractivity contribution in [1.82, 2.24) is 25.1 Å². The minimum atomic E-state index is -0.0553. The minimum Gasteiger partial charge on any atom is -0.493 e. The third kappa shape index (κ3) is 4.28. The van der Waals surface area contributed by atoms with Crippen LogP contribution < -0.4 is 15.0 Å². The Morgan fingerprint density at radius 1 is 1.12 bits per heavy atom. The Labute approximate surface area is 191 Å².